The highest BCUT2D eigenvalue weighted by atomic mass is 19.4. The van der Waals surface area contributed by atoms with Gasteiger partial charge in [0.1, 0.15) is 5.82 Å². The summed E-state index contributed by atoms with van der Waals surface area (Å²) in [6.07, 6.45) is -2.41. The normalized spacial score (nSPS) is 12.4. The Morgan fingerprint density at radius 1 is 1.11 bits per heavy atom. The van der Waals surface area contributed by atoms with Gasteiger partial charge in [-0.25, -0.2) is 9.67 Å². The second kappa shape index (κ2) is 9.57. The molecule has 0 aliphatic rings. The highest BCUT2D eigenvalue weighted by molar-refractivity contribution is 5.92. The third kappa shape index (κ3) is 5.16. The molecule has 2 N–H and O–H groups in total. The molecule has 7 nitrogen and oxygen atoms in total. The predicted molar refractivity (Wildman–Crippen MR) is 124 cm³/mol. The lowest BCUT2D eigenvalue weighted by Crippen LogP contribution is -2.34. The Bertz CT molecular complexity index is 1410. The van der Waals surface area contributed by atoms with E-state index in [9.17, 15) is 22.8 Å². The molecule has 180 valence electrons. The van der Waals surface area contributed by atoms with Crippen LogP contribution < -0.4 is 10.7 Å². The number of aryl methyl sites for hydroxylation is 1. The number of nitrogens with one attached hydrogen (secondary N) is 2. The number of benzene rings is 2. The number of aromatic nitrogens is 4. The standard InChI is InChI=1S/C25H22F3N5O2/c1-3-19(23-29-14-20(30-23)16-8-5-4-6-9-16)31-24(35)22-21(34)12-15(2)33(32-22)18-11-7-10-17(13-18)25(26,27)28/h4-14,19H,3H2,1-2H3,(H,29,30)(H,31,35). The molecule has 2 aromatic carbocycles. The molecule has 2 aromatic heterocycles. The maximum absolute atomic E-state index is 13.2. The number of aromatic amines is 1. The lowest BCUT2D eigenvalue weighted by Gasteiger charge is -2.16. The van der Waals surface area contributed by atoms with Crippen LogP contribution in [0.5, 0.6) is 0 Å². The lowest BCUT2D eigenvalue weighted by molar-refractivity contribution is -0.137. The monoisotopic (exact) mass is 481 g/mol. The number of halogens is 3. The second-order valence-corrected chi connectivity index (χ2v) is 7.94. The van der Waals surface area contributed by atoms with Crippen LogP contribution in [0, 0.1) is 6.92 Å². The van der Waals surface area contributed by atoms with E-state index >= 15 is 0 Å². The molecule has 4 rings (SSSR count). The summed E-state index contributed by atoms with van der Waals surface area (Å²) in [4.78, 5) is 33.1. The number of imidazole rings is 1. The molecule has 1 amide bonds. The molecule has 0 saturated heterocycles. The van der Waals surface area contributed by atoms with Crippen LogP contribution in [0.2, 0.25) is 0 Å². The quantitative estimate of drug-likeness (QED) is 0.413. The molecule has 0 fully saturated rings. The Morgan fingerprint density at radius 2 is 1.86 bits per heavy atom. The first-order chi connectivity index (χ1) is 16.7. The maximum Gasteiger partial charge on any atom is 0.416 e. The average molecular weight is 481 g/mol. The van der Waals surface area contributed by atoms with Gasteiger partial charge in [-0.05, 0) is 37.1 Å². The summed E-state index contributed by atoms with van der Waals surface area (Å²) in [6.45, 7) is 3.37. The van der Waals surface area contributed by atoms with Crippen LogP contribution in [-0.2, 0) is 6.18 Å². The van der Waals surface area contributed by atoms with Crippen molar-refractivity contribution < 1.29 is 18.0 Å². The van der Waals surface area contributed by atoms with Crippen molar-refractivity contribution in [3.05, 3.63) is 99.9 Å². The van der Waals surface area contributed by atoms with Crippen molar-refractivity contribution in [2.45, 2.75) is 32.5 Å². The van der Waals surface area contributed by atoms with Gasteiger partial charge in [-0.1, -0.05) is 43.3 Å². The van der Waals surface area contributed by atoms with Crippen LogP contribution in [0.15, 0.2) is 71.7 Å². The van der Waals surface area contributed by atoms with Gasteiger partial charge in [0.15, 0.2) is 5.69 Å². The third-order valence-electron chi connectivity index (χ3n) is 5.46. The summed E-state index contributed by atoms with van der Waals surface area (Å²) < 4.78 is 40.6. The van der Waals surface area contributed by atoms with Crippen molar-refractivity contribution in [1.29, 1.82) is 0 Å². The minimum Gasteiger partial charge on any atom is -0.341 e. The van der Waals surface area contributed by atoms with E-state index in [1.807, 2.05) is 37.3 Å². The van der Waals surface area contributed by atoms with Gasteiger partial charge in [0.25, 0.3) is 5.91 Å². The predicted octanol–water partition coefficient (Wildman–Crippen LogP) is 4.83. The fraction of sp³-hybridized carbons (Fsp3) is 0.200. The zero-order valence-corrected chi connectivity index (χ0v) is 18.9. The van der Waals surface area contributed by atoms with E-state index in [1.54, 1.807) is 6.20 Å². The molecular weight excluding hydrogens is 459 g/mol. The van der Waals surface area contributed by atoms with Crippen molar-refractivity contribution in [1.82, 2.24) is 25.1 Å². The number of amides is 1. The minimum atomic E-state index is -4.54. The number of nitrogens with zero attached hydrogens (tertiary/aromatic N) is 3. The van der Waals surface area contributed by atoms with Crippen LogP contribution in [0.4, 0.5) is 13.2 Å². The van der Waals surface area contributed by atoms with Gasteiger partial charge in [-0.15, -0.1) is 0 Å². The number of alkyl halides is 3. The first-order valence-electron chi connectivity index (χ1n) is 10.9. The molecule has 0 radical (unpaired) electrons. The summed E-state index contributed by atoms with van der Waals surface area (Å²) in [6, 6.07) is 14.7. The molecule has 35 heavy (non-hydrogen) atoms. The lowest BCUT2D eigenvalue weighted by atomic mass is 10.1. The molecular formula is C25H22F3N5O2. The van der Waals surface area contributed by atoms with E-state index in [0.717, 1.165) is 28.1 Å². The first-order valence-corrected chi connectivity index (χ1v) is 10.9. The highest BCUT2D eigenvalue weighted by Gasteiger charge is 2.31. The minimum absolute atomic E-state index is 0.0805. The fourth-order valence-electron chi connectivity index (χ4n) is 3.65. The molecule has 0 saturated carbocycles. The van der Waals surface area contributed by atoms with Crippen molar-refractivity contribution in [3.63, 3.8) is 0 Å². The number of H-pyrrole nitrogens is 1. The van der Waals surface area contributed by atoms with Crippen molar-refractivity contribution >= 4 is 5.91 Å². The Labute approximate surface area is 198 Å². The van der Waals surface area contributed by atoms with E-state index in [4.69, 9.17) is 0 Å². The van der Waals surface area contributed by atoms with Crippen LogP contribution >= 0.6 is 0 Å². The maximum atomic E-state index is 13.2. The van der Waals surface area contributed by atoms with E-state index < -0.39 is 34.8 Å². The molecule has 4 aromatic rings. The first kappa shape index (κ1) is 23.9. The van der Waals surface area contributed by atoms with Gasteiger partial charge in [-0.3, -0.25) is 9.59 Å². The third-order valence-corrected chi connectivity index (χ3v) is 5.46. The Kier molecular flexibility index (Phi) is 6.54. The number of hydrogen-bond acceptors (Lipinski definition) is 4. The zero-order chi connectivity index (χ0) is 25.2. The molecule has 10 heteroatoms. The van der Waals surface area contributed by atoms with Gasteiger partial charge < -0.3 is 10.3 Å². The molecule has 0 spiro atoms. The number of carbonyl (C=O) groups is 1. The highest BCUT2D eigenvalue weighted by Crippen LogP contribution is 2.30. The summed E-state index contributed by atoms with van der Waals surface area (Å²) in [5, 5.41) is 6.84. The van der Waals surface area contributed by atoms with Gasteiger partial charge in [0, 0.05) is 11.8 Å². The van der Waals surface area contributed by atoms with E-state index in [1.165, 1.54) is 25.1 Å². The fourth-order valence-corrected chi connectivity index (χ4v) is 3.65. The summed E-state index contributed by atoms with van der Waals surface area (Å²) in [5.74, 6) is -0.245. The SMILES string of the molecule is CCC(NC(=O)c1nn(-c2cccc(C(F)(F)F)c2)c(C)cc1=O)c1ncc(-c2ccccc2)[nH]1. The van der Waals surface area contributed by atoms with E-state index in [2.05, 4.69) is 20.4 Å². The number of rotatable bonds is 6. The van der Waals surface area contributed by atoms with Gasteiger partial charge in [0.05, 0.1) is 29.2 Å². The smallest absolute Gasteiger partial charge is 0.341 e. The van der Waals surface area contributed by atoms with E-state index in [0.29, 0.717) is 12.2 Å². The Morgan fingerprint density at radius 3 is 2.54 bits per heavy atom. The molecule has 0 bridgehead atoms. The Hall–Kier alpha value is -4.21. The summed E-state index contributed by atoms with van der Waals surface area (Å²) in [7, 11) is 0. The van der Waals surface area contributed by atoms with Gasteiger partial charge >= 0.3 is 6.18 Å². The van der Waals surface area contributed by atoms with Gasteiger partial charge in [0.2, 0.25) is 5.43 Å². The molecule has 1 atom stereocenters. The van der Waals surface area contributed by atoms with Crippen LogP contribution in [-0.4, -0.2) is 25.7 Å². The number of carbonyl (C=O) groups excluding carboxylic acids is 1. The molecule has 0 aliphatic carbocycles. The average Bonchev–Trinajstić information content (AvgIpc) is 3.33. The molecule has 1 unspecified atom stereocenters. The van der Waals surface area contributed by atoms with Gasteiger partial charge in [-0.2, -0.15) is 18.3 Å². The zero-order valence-electron chi connectivity index (χ0n) is 18.9. The Balaban J connectivity index is 1.62. The molecule has 0 aliphatic heterocycles. The second-order valence-electron chi connectivity index (χ2n) is 7.94. The van der Waals surface area contributed by atoms with Crippen molar-refractivity contribution in [3.8, 4) is 16.9 Å². The number of hydrogen-bond donors (Lipinski definition) is 2. The van der Waals surface area contributed by atoms with Crippen molar-refractivity contribution in [2.24, 2.45) is 0 Å². The van der Waals surface area contributed by atoms with Crippen LogP contribution in [0.25, 0.3) is 16.9 Å². The molecule has 2 heterocycles. The largest absolute Gasteiger partial charge is 0.416 e. The van der Waals surface area contributed by atoms with Crippen molar-refractivity contribution in [2.75, 3.05) is 0 Å². The van der Waals surface area contributed by atoms with Crippen LogP contribution in [0.3, 0.4) is 0 Å². The van der Waals surface area contributed by atoms with E-state index in [-0.39, 0.29) is 11.4 Å². The summed E-state index contributed by atoms with van der Waals surface area (Å²) >= 11 is 0. The summed E-state index contributed by atoms with van der Waals surface area (Å²) in [5.41, 5.74) is 0.140. The topological polar surface area (TPSA) is 92.7 Å². The van der Waals surface area contributed by atoms with Crippen LogP contribution in [0.1, 0.15) is 47.0 Å².